The second-order valence-electron chi connectivity index (χ2n) is 4.41. The average molecular weight is 330 g/mol. The van der Waals surface area contributed by atoms with Crippen LogP contribution >= 0.6 is 11.6 Å². The van der Waals surface area contributed by atoms with Gasteiger partial charge in [-0.05, 0) is 36.4 Å². The molecule has 0 unspecified atom stereocenters. The van der Waals surface area contributed by atoms with Gasteiger partial charge in [0.15, 0.2) is 6.61 Å². The third-order valence-corrected chi connectivity index (χ3v) is 3.04. The lowest BCUT2D eigenvalue weighted by molar-refractivity contribution is -0.123. The minimum atomic E-state index is -0.556. The maximum absolute atomic E-state index is 11.8. The molecule has 0 spiro atoms. The molecular formula is C16H12ClN3O3. The number of ether oxygens (including phenoxy) is 1. The van der Waals surface area contributed by atoms with Crippen molar-refractivity contribution in [3.05, 3.63) is 64.7 Å². The molecule has 0 saturated carbocycles. The number of hydrogen-bond donors (Lipinski definition) is 2. The molecule has 0 atom stereocenters. The Morgan fingerprint density at radius 1 is 1.09 bits per heavy atom. The molecule has 2 aromatic rings. The monoisotopic (exact) mass is 329 g/mol. The van der Waals surface area contributed by atoms with E-state index in [9.17, 15) is 9.59 Å². The molecule has 0 aliphatic carbocycles. The van der Waals surface area contributed by atoms with Gasteiger partial charge in [0, 0.05) is 10.6 Å². The van der Waals surface area contributed by atoms with Crippen LogP contribution in [0.2, 0.25) is 5.02 Å². The second-order valence-corrected chi connectivity index (χ2v) is 4.84. The maximum atomic E-state index is 11.8. The molecular weight excluding hydrogens is 318 g/mol. The predicted octanol–water partition coefficient (Wildman–Crippen LogP) is 2.05. The van der Waals surface area contributed by atoms with E-state index < -0.39 is 11.8 Å². The van der Waals surface area contributed by atoms with E-state index in [2.05, 4.69) is 10.9 Å². The fraction of sp³-hybridized carbons (Fsp3) is 0.0625. The zero-order valence-corrected chi connectivity index (χ0v) is 12.6. The highest BCUT2D eigenvalue weighted by atomic mass is 35.5. The number of hydrazine groups is 1. The zero-order chi connectivity index (χ0) is 16.7. The van der Waals surface area contributed by atoms with Gasteiger partial charge in [-0.15, -0.1) is 0 Å². The van der Waals surface area contributed by atoms with E-state index >= 15 is 0 Å². The minimum Gasteiger partial charge on any atom is -0.482 e. The van der Waals surface area contributed by atoms with Gasteiger partial charge in [-0.2, -0.15) is 5.26 Å². The lowest BCUT2D eigenvalue weighted by atomic mass is 10.2. The Balaban J connectivity index is 1.82. The summed E-state index contributed by atoms with van der Waals surface area (Å²) in [4.78, 5) is 23.4. The topological polar surface area (TPSA) is 91.2 Å². The molecule has 2 amide bonds. The van der Waals surface area contributed by atoms with E-state index in [0.717, 1.165) is 0 Å². The Morgan fingerprint density at radius 2 is 1.78 bits per heavy atom. The Kier molecular flexibility index (Phi) is 5.56. The van der Waals surface area contributed by atoms with Crippen LogP contribution in [-0.4, -0.2) is 18.4 Å². The van der Waals surface area contributed by atoms with Crippen LogP contribution < -0.4 is 15.6 Å². The smallest absolute Gasteiger partial charge is 0.276 e. The first-order valence-electron chi connectivity index (χ1n) is 6.57. The van der Waals surface area contributed by atoms with Crippen LogP contribution in [0.4, 0.5) is 0 Å². The number of halogens is 1. The SMILES string of the molecule is N#Cc1ccccc1OCC(=O)NNC(=O)c1ccc(Cl)cc1. The van der Waals surface area contributed by atoms with Crippen molar-refractivity contribution in [2.45, 2.75) is 0 Å². The third kappa shape index (κ3) is 4.73. The molecule has 0 bridgehead atoms. The number of nitrogens with one attached hydrogen (secondary N) is 2. The minimum absolute atomic E-state index is 0.300. The van der Waals surface area contributed by atoms with Crippen molar-refractivity contribution in [2.75, 3.05) is 6.61 Å². The zero-order valence-electron chi connectivity index (χ0n) is 11.9. The number of carbonyl (C=O) groups is 2. The number of nitrogens with zero attached hydrogens (tertiary/aromatic N) is 1. The molecule has 7 heteroatoms. The Labute approximate surface area is 137 Å². The van der Waals surface area contributed by atoms with Crippen molar-refractivity contribution < 1.29 is 14.3 Å². The van der Waals surface area contributed by atoms with Gasteiger partial charge in [-0.3, -0.25) is 20.4 Å². The van der Waals surface area contributed by atoms with Gasteiger partial charge in [0.2, 0.25) is 0 Å². The number of hydrogen-bond acceptors (Lipinski definition) is 4. The van der Waals surface area contributed by atoms with Crippen LogP contribution in [-0.2, 0) is 4.79 Å². The van der Waals surface area contributed by atoms with Crippen molar-refractivity contribution in [3.8, 4) is 11.8 Å². The quantitative estimate of drug-likeness (QED) is 0.840. The van der Waals surface area contributed by atoms with E-state index in [4.69, 9.17) is 21.6 Å². The molecule has 0 radical (unpaired) electrons. The number of carbonyl (C=O) groups excluding carboxylic acids is 2. The molecule has 2 rings (SSSR count). The molecule has 116 valence electrons. The largest absolute Gasteiger partial charge is 0.482 e. The number of benzene rings is 2. The van der Waals surface area contributed by atoms with Crippen molar-refractivity contribution >= 4 is 23.4 Å². The summed E-state index contributed by atoms with van der Waals surface area (Å²) < 4.78 is 5.24. The average Bonchev–Trinajstić information content (AvgIpc) is 2.58. The van der Waals surface area contributed by atoms with Crippen molar-refractivity contribution in [1.29, 1.82) is 5.26 Å². The van der Waals surface area contributed by atoms with E-state index in [1.165, 1.54) is 12.1 Å². The lowest BCUT2D eigenvalue weighted by Gasteiger charge is -2.09. The summed E-state index contributed by atoms with van der Waals surface area (Å²) in [5, 5.41) is 9.42. The van der Waals surface area contributed by atoms with E-state index in [0.29, 0.717) is 21.9 Å². The lowest BCUT2D eigenvalue weighted by Crippen LogP contribution is -2.43. The highest BCUT2D eigenvalue weighted by Crippen LogP contribution is 2.16. The van der Waals surface area contributed by atoms with E-state index in [1.807, 2.05) is 6.07 Å². The molecule has 0 saturated heterocycles. The predicted molar refractivity (Wildman–Crippen MR) is 83.7 cm³/mol. The summed E-state index contributed by atoms with van der Waals surface area (Å²) in [6.07, 6.45) is 0. The third-order valence-electron chi connectivity index (χ3n) is 2.79. The molecule has 6 nitrogen and oxygen atoms in total. The standard InChI is InChI=1S/C16H12ClN3O3/c17-13-7-5-11(6-8-13)16(22)20-19-15(21)10-23-14-4-2-1-3-12(14)9-18/h1-8H,10H2,(H,19,21)(H,20,22). The molecule has 23 heavy (non-hydrogen) atoms. The summed E-state index contributed by atoms with van der Waals surface area (Å²) in [6, 6.07) is 14.7. The first kappa shape index (κ1) is 16.3. The van der Waals surface area contributed by atoms with Crippen LogP contribution in [0.15, 0.2) is 48.5 Å². The first-order chi connectivity index (χ1) is 11.1. The highest BCUT2D eigenvalue weighted by Gasteiger charge is 2.09. The van der Waals surface area contributed by atoms with Crippen molar-refractivity contribution in [2.24, 2.45) is 0 Å². The summed E-state index contributed by atoms with van der Waals surface area (Å²) in [6.45, 7) is -0.334. The van der Waals surface area contributed by atoms with Gasteiger partial charge in [0.1, 0.15) is 11.8 Å². The Bertz CT molecular complexity index is 754. The molecule has 2 N–H and O–H groups in total. The second kappa shape index (κ2) is 7.82. The van der Waals surface area contributed by atoms with Gasteiger partial charge in [0.05, 0.1) is 5.56 Å². The number of amides is 2. The highest BCUT2D eigenvalue weighted by molar-refractivity contribution is 6.30. The van der Waals surface area contributed by atoms with Crippen LogP contribution in [0.1, 0.15) is 15.9 Å². The van der Waals surface area contributed by atoms with Crippen LogP contribution in [0, 0.1) is 11.3 Å². The van der Waals surface area contributed by atoms with Crippen molar-refractivity contribution in [3.63, 3.8) is 0 Å². The van der Waals surface area contributed by atoms with Crippen molar-refractivity contribution in [1.82, 2.24) is 10.9 Å². The summed E-state index contributed by atoms with van der Waals surface area (Å²) in [7, 11) is 0. The van der Waals surface area contributed by atoms with Crippen LogP contribution in [0.5, 0.6) is 5.75 Å². The normalized spacial score (nSPS) is 9.57. The number of para-hydroxylation sites is 1. The summed E-state index contributed by atoms with van der Waals surface area (Å²) in [5.74, 6) is -0.735. The van der Waals surface area contributed by atoms with Gasteiger partial charge in [-0.1, -0.05) is 23.7 Å². The van der Waals surface area contributed by atoms with Gasteiger partial charge in [0.25, 0.3) is 11.8 Å². The molecule has 0 aliphatic rings. The van der Waals surface area contributed by atoms with Crippen LogP contribution in [0.25, 0.3) is 0 Å². The number of rotatable bonds is 4. The Hall–Kier alpha value is -3.04. The molecule has 0 aromatic heterocycles. The molecule has 0 heterocycles. The van der Waals surface area contributed by atoms with Crippen LogP contribution in [0.3, 0.4) is 0 Å². The molecule has 2 aromatic carbocycles. The summed E-state index contributed by atoms with van der Waals surface area (Å²) in [5.41, 5.74) is 5.16. The van der Waals surface area contributed by atoms with E-state index in [-0.39, 0.29) is 6.61 Å². The fourth-order valence-electron chi connectivity index (χ4n) is 1.66. The molecule has 0 aliphatic heterocycles. The fourth-order valence-corrected chi connectivity index (χ4v) is 1.79. The van der Waals surface area contributed by atoms with Gasteiger partial charge < -0.3 is 4.74 Å². The maximum Gasteiger partial charge on any atom is 0.276 e. The van der Waals surface area contributed by atoms with E-state index in [1.54, 1.807) is 36.4 Å². The Morgan fingerprint density at radius 3 is 2.48 bits per heavy atom. The number of nitriles is 1. The summed E-state index contributed by atoms with van der Waals surface area (Å²) >= 11 is 5.73. The molecule has 0 fully saturated rings. The van der Waals surface area contributed by atoms with Gasteiger partial charge >= 0.3 is 0 Å². The van der Waals surface area contributed by atoms with Gasteiger partial charge in [-0.25, -0.2) is 0 Å². The first-order valence-corrected chi connectivity index (χ1v) is 6.94.